The molecule has 0 amide bonds. The highest BCUT2D eigenvalue weighted by Crippen LogP contribution is 2.63. The molecule has 4 fully saturated rings. The van der Waals surface area contributed by atoms with Crippen LogP contribution >= 0.6 is 0 Å². The average Bonchev–Trinajstić information content (AvgIpc) is 3.07. The second-order valence-corrected chi connectivity index (χ2v) is 10.5. The van der Waals surface area contributed by atoms with Crippen LogP contribution in [0.15, 0.2) is 0 Å². The molecular formula is C23H36O4. The number of carbonyl (C=O) groups is 2. The molecule has 0 aliphatic heterocycles. The number of hydrogen-bond donors (Lipinski definition) is 2. The van der Waals surface area contributed by atoms with E-state index in [-0.39, 0.29) is 23.9 Å². The third kappa shape index (κ3) is 3.26. The van der Waals surface area contributed by atoms with Gasteiger partial charge >= 0.3 is 5.97 Å². The van der Waals surface area contributed by atoms with Gasteiger partial charge in [-0.1, -0.05) is 13.8 Å². The number of Topliss-reactive ketones (excluding diaryl/α,β-unsaturated/α-hetero) is 1. The van der Waals surface area contributed by atoms with Crippen LogP contribution in [0, 0.1) is 46.8 Å². The molecule has 152 valence electrons. The molecule has 0 aromatic carbocycles. The smallest absolute Gasteiger partial charge is 0.303 e. The van der Waals surface area contributed by atoms with Crippen LogP contribution in [-0.2, 0) is 9.59 Å². The first-order valence-electron chi connectivity index (χ1n) is 11.2. The SMILES string of the molecule is CC(CCC(=O)O)C1CCC2C3CCC4CC(O)CCC4(C)C3CC(=O)C12. The van der Waals surface area contributed by atoms with E-state index in [9.17, 15) is 14.7 Å². The van der Waals surface area contributed by atoms with Gasteiger partial charge < -0.3 is 10.2 Å². The van der Waals surface area contributed by atoms with Crippen LogP contribution in [0.2, 0.25) is 0 Å². The van der Waals surface area contributed by atoms with Crippen LogP contribution in [-0.4, -0.2) is 28.1 Å². The molecule has 27 heavy (non-hydrogen) atoms. The predicted octanol–water partition coefficient (Wildman–Crippen LogP) is 4.30. The van der Waals surface area contributed by atoms with Crippen molar-refractivity contribution in [1.29, 1.82) is 0 Å². The summed E-state index contributed by atoms with van der Waals surface area (Å²) in [5.74, 6) is 2.93. The summed E-state index contributed by atoms with van der Waals surface area (Å²) >= 11 is 0. The summed E-state index contributed by atoms with van der Waals surface area (Å²) in [6, 6.07) is 0. The van der Waals surface area contributed by atoms with Gasteiger partial charge in [-0.25, -0.2) is 0 Å². The zero-order chi connectivity index (χ0) is 19.3. The number of ketones is 1. The highest BCUT2D eigenvalue weighted by Gasteiger charge is 2.59. The quantitative estimate of drug-likeness (QED) is 0.767. The van der Waals surface area contributed by atoms with Crippen molar-refractivity contribution >= 4 is 11.8 Å². The van der Waals surface area contributed by atoms with Crippen molar-refractivity contribution in [2.75, 3.05) is 0 Å². The minimum Gasteiger partial charge on any atom is -0.481 e. The Bertz CT molecular complexity index is 601. The van der Waals surface area contributed by atoms with Crippen molar-refractivity contribution in [1.82, 2.24) is 0 Å². The molecular weight excluding hydrogens is 340 g/mol. The number of rotatable bonds is 4. The van der Waals surface area contributed by atoms with Gasteiger partial charge in [0, 0.05) is 18.8 Å². The first kappa shape index (κ1) is 19.4. The fraction of sp³-hybridized carbons (Fsp3) is 0.913. The number of aliphatic hydroxyl groups excluding tert-OH is 1. The molecule has 4 aliphatic rings. The monoisotopic (exact) mass is 376 g/mol. The van der Waals surface area contributed by atoms with Crippen molar-refractivity contribution in [3.63, 3.8) is 0 Å². The van der Waals surface area contributed by atoms with Crippen LogP contribution in [0.1, 0.15) is 78.1 Å². The van der Waals surface area contributed by atoms with Gasteiger partial charge in [0.15, 0.2) is 0 Å². The molecule has 4 saturated carbocycles. The molecule has 0 spiro atoms. The Morgan fingerprint density at radius 3 is 2.67 bits per heavy atom. The van der Waals surface area contributed by atoms with Crippen molar-refractivity contribution in [3.05, 3.63) is 0 Å². The molecule has 4 aliphatic carbocycles. The molecule has 0 saturated heterocycles. The van der Waals surface area contributed by atoms with Gasteiger partial charge in [-0.05, 0) is 92.3 Å². The summed E-state index contributed by atoms with van der Waals surface area (Å²) in [7, 11) is 0. The second-order valence-electron chi connectivity index (χ2n) is 10.5. The van der Waals surface area contributed by atoms with E-state index in [1.54, 1.807) is 0 Å². The first-order valence-corrected chi connectivity index (χ1v) is 11.2. The Morgan fingerprint density at radius 1 is 1.19 bits per heavy atom. The Balaban J connectivity index is 1.51. The van der Waals surface area contributed by atoms with Crippen molar-refractivity contribution in [2.24, 2.45) is 46.8 Å². The maximum absolute atomic E-state index is 13.3. The number of hydrogen-bond acceptors (Lipinski definition) is 3. The lowest BCUT2D eigenvalue weighted by atomic mass is 9.46. The molecule has 9 atom stereocenters. The number of carboxylic acids is 1. The normalized spacial score (nSPS) is 47.7. The average molecular weight is 377 g/mol. The summed E-state index contributed by atoms with van der Waals surface area (Å²) in [4.78, 5) is 24.3. The Morgan fingerprint density at radius 2 is 1.93 bits per heavy atom. The lowest BCUT2D eigenvalue weighted by Gasteiger charge is -2.58. The third-order valence-corrected chi connectivity index (χ3v) is 9.36. The molecule has 4 rings (SSSR count). The largest absolute Gasteiger partial charge is 0.481 e. The molecule has 2 N–H and O–H groups in total. The molecule has 4 nitrogen and oxygen atoms in total. The summed E-state index contributed by atoms with van der Waals surface area (Å²) in [5.41, 5.74) is 0.232. The Kier molecular flexibility index (Phi) is 5.15. The lowest BCUT2D eigenvalue weighted by molar-refractivity contribution is -0.148. The van der Waals surface area contributed by atoms with E-state index >= 15 is 0 Å². The van der Waals surface area contributed by atoms with Gasteiger partial charge in [0.1, 0.15) is 5.78 Å². The van der Waals surface area contributed by atoms with Crippen LogP contribution in [0.3, 0.4) is 0 Å². The molecule has 0 bridgehead atoms. The van der Waals surface area contributed by atoms with Gasteiger partial charge in [0.2, 0.25) is 0 Å². The Hall–Kier alpha value is -0.900. The van der Waals surface area contributed by atoms with Crippen LogP contribution in [0.5, 0.6) is 0 Å². The third-order valence-electron chi connectivity index (χ3n) is 9.36. The zero-order valence-corrected chi connectivity index (χ0v) is 16.9. The fourth-order valence-corrected chi connectivity index (χ4v) is 7.89. The summed E-state index contributed by atoms with van der Waals surface area (Å²) < 4.78 is 0. The highest BCUT2D eigenvalue weighted by molar-refractivity contribution is 5.83. The van der Waals surface area contributed by atoms with Crippen LogP contribution in [0.25, 0.3) is 0 Å². The van der Waals surface area contributed by atoms with Crippen molar-refractivity contribution in [2.45, 2.75) is 84.2 Å². The minimum atomic E-state index is -0.725. The molecule has 0 aromatic rings. The predicted molar refractivity (Wildman–Crippen MR) is 103 cm³/mol. The van der Waals surface area contributed by atoms with Gasteiger partial charge in [-0.3, -0.25) is 9.59 Å². The van der Waals surface area contributed by atoms with Crippen LogP contribution < -0.4 is 0 Å². The van der Waals surface area contributed by atoms with E-state index in [1.165, 1.54) is 12.8 Å². The van der Waals surface area contributed by atoms with Crippen molar-refractivity contribution in [3.8, 4) is 0 Å². The zero-order valence-electron chi connectivity index (χ0n) is 16.9. The fourth-order valence-electron chi connectivity index (χ4n) is 7.89. The van der Waals surface area contributed by atoms with Gasteiger partial charge in [-0.15, -0.1) is 0 Å². The minimum absolute atomic E-state index is 0.141. The lowest BCUT2D eigenvalue weighted by Crippen LogP contribution is -2.54. The van der Waals surface area contributed by atoms with E-state index in [1.807, 2.05) is 0 Å². The first-order chi connectivity index (χ1) is 12.8. The molecule has 9 unspecified atom stereocenters. The number of carbonyl (C=O) groups excluding carboxylic acids is 1. The second kappa shape index (κ2) is 7.17. The summed E-state index contributed by atoms with van der Waals surface area (Å²) in [5, 5.41) is 19.2. The molecule has 4 heteroatoms. The van der Waals surface area contributed by atoms with Crippen LogP contribution in [0.4, 0.5) is 0 Å². The van der Waals surface area contributed by atoms with Gasteiger partial charge in [0.05, 0.1) is 6.10 Å². The van der Waals surface area contributed by atoms with E-state index < -0.39 is 5.97 Å². The topological polar surface area (TPSA) is 74.6 Å². The van der Waals surface area contributed by atoms with E-state index in [2.05, 4.69) is 13.8 Å². The molecule has 0 aromatic heterocycles. The van der Waals surface area contributed by atoms with Gasteiger partial charge in [0.25, 0.3) is 0 Å². The maximum atomic E-state index is 13.3. The van der Waals surface area contributed by atoms with E-state index in [0.29, 0.717) is 47.7 Å². The number of aliphatic hydroxyl groups is 1. The molecule has 0 heterocycles. The highest BCUT2D eigenvalue weighted by atomic mass is 16.4. The summed E-state index contributed by atoms with van der Waals surface area (Å²) in [6.07, 6.45) is 9.10. The van der Waals surface area contributed by atoms with E-state index in [0.717, 1.165) is 38.5 Å². The number of aliphatic carboxylic acids is 1. The standard InChI is InChI=1S/C23H36O4/c1-13(3-8-21(26)27)16-6-7-18-17-5-4-14-11-15(24)9-10-23(14,2)19(17)12-20(25)22(16)18/h13-19,22,24H,3-12H2,1-2H3,(H,26,27). The number of carboxylic acid groups (broad SMARTS) is 1. The summed E-state index contributed by atoms with van der Waals surface area (Å²) in [6.45, 7) is 4.58. The van der Waals surface area contributed by atoms with Crippen molar-refractivity contribution < 1.29 is 19.8 Å². The Labute approximate surface area is 163 Å². The van der Waals surface area contributed by atoms with Gasteiger partial charge in [-0.2, -0.15) is 0 Å². The number of fused-ring (bicyclic) bond motifs is 5. The maximum Gasteiger partial charge on any atom is 0.303 e. The van der Waals surface area contributed by atoms with E-state index in [4.69, 9.17) is 5.11 Å². The molecule has 0 radical (unpaired) electrons.